The Kier molecular flexibility index (Phi) is 6.37. The average molecular weight is 384 g/mol. The summed E-state index contributed by atoms with van der Waals surface area (Å²) in [6, 6.07) is 12.8. The van der Waals surface area contributed by atoms with Crippen LogP contribution >= 0.6 is 0 Å². The van der Waals surface area contributed by atoms with Crippen molar-refractivity contribution < 1.29 is 23.5 Å². The van der Waals surface area contributed by atoms with Gasteiger partial charge >= 0.3 is 5.97 Å². The molecule has 0 saturated heterocycles. The molecule has 1 atom stereocenters. The smallest absolute Gasteiger partial charge is 0.325 e. The van der Waals surface area contributed by atoms with Crippen molar-refractivity contribution in [1.29, 1.82) is 0 Å². The van der Waals surface area contributed by atoms with Crippen LogP contribution in [0.5, 0.6) is 0 Å². The molecule has 7 heteroatoms. The second-order valence-corrected chi connectivity index (χ2v) is 6.56. The third-order valence-electron chi connectivity index (χ3n) is 4.57. The maximum absolute atomic E-state index is 12.8. The maximum atomic E-state index is 12.8. The lowest BCUT2D eigenvalue weighted by Gasteiger charge is -2.26. The van der Waals surface area contributed by atoms with Gasteiger partial charge in [-0.25, -0.2) is 4.39 Å². The molecule has 146 valence electrons. The first-order chi connectivity index (χ1) is 13.5. The van der Waals surface area contributed by atoms with E-state index in [-0.39, 0.29) is 24.1 Å². The number of amides is 2. The number of halogens is 1. The molecule has 0 aliphatic heterocycles. The quantitative estimate of drug-likeness (QED) is 0.749. The lowest BCUT2D eigenvalue weighted by atomic mass is 9.88. The average Bonchev–Trinajstić information content (AvgIpc) is 2.71. The largest absolute Gasteiger partial charge is 0.454 e. The third-order valence-corrected chi connectivity index (χ3v) is 4.57. The normalized spacial score (nSPS) is 15.2. The van der Waals surface area contributed by atoms with Crippen LogP contribution in [0.15, 0.2) is 48.5 Å². The highest BCUT2D eigenvalue weighted by molar-refractivity contribution is 5.96. The van der Waals surface area contributed by atoms with Gasteiger partial charge in [-0.05, 0) is 54.7 Å². The van der Waals surface area contributed by atoms with Gasteiger partial charge in [-0.2, -0.15) is 0 Å². The second-order valence-electron chi connectivity index (χ2n) is 6.56. The van der Waals surface area contributed by atoms with E-state index in [1.807, 2.05) is 18.2 Å². The van der Waals surface area contributed by atoms with Crippen LogP contribution in [-0.4, -0.2) is 30.9 Å². The molecule has 0 aromatic heterocycles. The van der Waals surface area contributed by atoms with E-state index in [0.29, 0.717) is 0 Å². The number of hydrogen-bond acceptors (Lipinski definition) is 4. The highest BCUT2D eigenvalue weighted by Crippen LogP contribution is 2.29. The number of nitrogens with one attached hydrogen (secondary N) is 2. The lowest BCUT2D eigenvalue weighted by Crippen LogP contribution is -2.36. The minimum atomic E-state index is -0.727. The van der Waals surface area contributed by atoms with Crippen LogP contribution in [0.25, 0.3) is 0 Å². The van der Waals surface area contributed by atoms with Crippen LogP contribution in [-0.2, 0) is 20.7 Å². The third kappa shape index (κ3) is 5.16. The molecule has 2 aromatic carbocycles. The van der Waals surface area contributed by atoms with Gasteiger partial charge in [-0.1, -0.05) is 24.3 Å². The highest BCUT2D eigenvalue weighted by atomic mass is 19.1. The van der Waals surface area contributed by atoms with Crippen molar-refractivity contribution in [3.8, 4) is 0 Å². The summed E-state index contributed by atoms with van der Waals surface area (Å²) in [6.07, 6.45) is 2.81. The van der Waals surface area contributed by atoms with Gasteiger partial charge < -0.3 is 15.4 Å². The Morgan fingerprint density at radius 1 is 1.07 bits per heavy atom. The van der Waals surface area contributed by atoms with Crippen molar-refractivity contribution in [2.24, 2.45) is 0 Å². The molecule has 1 aliphatic carbocycles. The van der Waals surface area contributed by atoms with Gasteiger partial charge in [0.25, 0.3) is 11.8 Å². The van der Waals surface area contributed by atoms with Crippen LogP contribution in [0.3, 0.4) is 0 Å². The summed E-state index contributed by atoms with van der Waals surface area (Å²) in [4.78, 5) is 35.7. The number of rotatable bonds is 6. The first-order valence-corrected chi connectivity index (χ1v) is 9.09. The van der Waals surface area contributed by atoms with E-state index in [0.717, 1.165) is 37.0 Å². The summed E-state index contributed by atoms with van der Waals surface area (Å²) in [5.41, 5.74) is 2.54. The zero-order valence-electron chi connectivity index (χ0n) is 15.2. The minimum Gasteiger partial charge on any atom is -0.454 e. The van der Waals surface area contributed by atoms with E-state index in [1.165, 1.54) is 17.7 Å². The minimum absolute atomic E-state index is 0.0886. The molecular weight excluding hydrogens is 363 g/mol. The summed E-state index contributed by atoms with van der Waals surface area (Å²) >= 11 is 0. The van der Waals surface area contributed by atoms with Crippen LogP contribution < -0.4 is 10.6 Å². The summed E-state index contributed by atoms with van der Waals surface area (Å²) < 4.78 is 17.8. The molecule has 28 heavy (non-hydrogen) atoms. The second kappa shape index (κ2) is 9.12. The summed E-state index contributed by atoms with van der Waals surface area (Å²) in [6.45, 7) is -0.792. The standard InChI is InChI=1S/C21H21FN2O4/c22-16-10-8-15(9-11-16)21(27)23-12-20(26)28-13-19(25)24-18-7-3-5-14-4-1-2-6-17(14)18/h1-2,4,6,8-11,18H,3,5,7,12-13H2,(H,23,27)(H,24,25)/t18-/m0/s1. The molecule has 6 nitrogen and oxygen atoms in total. The number of carbonyl (C=O) groups excluding carboxylic acids is 3. The fraction of sp³-hybridized carbons (Fsp3) is 0.286. The van der Waals surface area contributed by atoms with Crippen molar-refractivity contribution in [2.45, 2.75) is 25.3 Å². The number of benzene rings is 2. The fourth-order valence-electron chi connectivity index (χ4n) is 3.19. The first-order valence-electron chi connectivity index (χ1n) is 9.09. The first kappa shape index (κ1) is 19.5. The van der Waals surface area contributed by atoms with Crippen LogP contribution in [0, 0.1) is 5.82 Å². The number of ether oxygens (including phenoxy) is 1. The van der Waals surface area contributed by atoms with Crippen molar-refractivity contribution >= 4 is 17.8 Å². The van der Waals surface area contributed by atoms with Gasteiger partial charge in [-0.15, -0.1) is 0 Å². The topological polar surface area (TPSA) is 84.5 Å². The zero-order valence-corrected chi connectivity index (χ0v) is 15.2. The number of aryl methyl sites for hydroxylation is 1. The van der Waals surface area contributed by atoms with Gasteiger partial charge in [-0.3, -0.25) is 14.4 Å². The molecule has 2 N–H and O–H groups in total. The molecule has 1 aliphatic rings. The van der Waals surface area contributed by atoms with E-state index in [2.05, 4.69) is 16.7 Å². The molecule has 2 amide bonds. The van der Waals surface area contributed by atoms with E-state index < -0.39 is 24.3 Å². The monoisotopic (exact) mass is 384 g/mol. The Bertz CT molecular complexity index is 867. The predicted molar refractivity (Wildman–Crippen MR) is 100.0 cm³/mol. The molecule has 0 fully saturated rings. The van der Waals surface area contributed by atoms with E-state index in [9.17, 15) is 18.8 Å². The molecule has 0 radical (unpaired) electrons. The Balaban J connectivity index is 1.42. The molecule has 0 heterocycles. The molecule has 0 saturated carbocycles. The Morgan fingerprint density at radius 3 is 2.61 bits per heavy atom. The predicted octanol–water partition coefficient (Wildman–Crippen LogP) is 2.29. The molecule has 0 bridgehead atoms. The molecule has 2 aromatic rings. The van der Waals surface area contributed by atoms with Crippen LogP contribution in [0.2, 0.25) is 0 Å². The van der Waals surface area contributed by atoms with Crippen molar-refractivity contribution in [1.82, 2.24) is 10.6 Å². The number of hydrogen-bond donors (Lipinski definition) is 2. The van der Waals surface area contributed by atoms with Gasteiger partial charge in [0, 0.05) is 5.56 Å². The zero-order chi connectivity index (χ0) is 19.9. The Labute approximate surface area is 162 Å². The SMILES string of the molecule is O=C(COC(=O)CNC(=O)c1ccc(F)cc1)N[C@H]1CCCc2ccccc21. The maximum Gasteiger partial charge on any atom is 0.325 e. The van der Waals surface area contributed by atoms with Crippen molar-refractivity contribution in [3.05, 3.63) is 71.0 Å². The van der Waals surface area contributed by atoms with Crippen molar-refractivity contribution in [2.75, 3.05) is 13.2 Å². The molecule has 0 unspecified atom stereocenters. The van der Waals surface area contributed by atoms with Gasteiger partial charge in [0.15, 0.2) is 6.61 Å². The summed E-state index contributed by atoms with van der Waals surface area (Å²) in [7, 11) is 0. The Hall–Kier alpha value is -3.22. The molecule has 0 spiro atoms. The number of esters is 1. The summed E-state index contributed by atoms with van der Waals surface area (Å²) in [5.74, 6) is -2.10. The van der Waals surface area contributed by atoms with E-state index >= 15 is 0 Å². The fourth-order valence-corrected chi connectivity index (χ4v) is 3.19. The van der Waals surface area contributed by atoms with Crippen LogP contribution in [0.1, 0.15) is 40.4 Å². The summed E-state index contributed by atoms with van der Waals surface area (Å²) in [5, 5.41) is 5.26. The number of carbonyl (C=O) groups is 3. The van der Waals surface area contributed by atoms with Crippen LogP contribution in [0.4, 0.5) is 4.39 Å². The Morgan fingerprint density at radius 2 is 1.82 bits per heavy atom. The van der Waals surface area contributed by atoms with Crippen molar-refractivity contribution in [3.63, 3.8) is 0 Å². The molecular formula is C21H21FN2O4. The van der Waals surface area contributed by atoms with Gasteiger partial charge in [0.05, 0.1) is 6.04 Å². The highest BCUT2D eigenvalue weighted by Gasteiger charge is 2.21. The van der Waals surface area contributed by atoms with E-state index in [4.69, 9.17) is 4.74 Å². The molecule has 3 rings (SSSR count). The lowest BCUT2D eigenvalue weighted by molar-refractivity contribution is -0.147. The van der Waals surface area contributed by atoms with Gasteiger partial charge in [0.2, 0.25) is 0 Å². The van der Waals surface area contributed by atoms with E-state index in [1.54, 1.807) is 0 Å². The van der Waals surface area contributed by atoms with Gasteiger partial charge in [0.1, 0.15) is 12.4 Å². The number of fused-ring (bicyclic) bond motifs is 1.